The van der Waals surface area contributed by atoms with E-state index in [1.807, 2.05) is 0 Å². The Morgan fingerprint density at radius 1 is 1.50 bits per heavy atom. The third-order valence-electron chi connectivity index (χ3n) is 2.07. The van der Waals surface area contributed by atoms with Crippen molar-refractivity contribution in [3.63, 3.8) is 0 Å². The Balaban J connectivity index is 0.000000810. The smallest absolute Gasteiger partial charge is 0 e. The Bertz CT molecular complexity index is 62.4. The van der Waals surface area contributed by atoms with Crippen LogP contribution in [0.25, 0.3) is 0 Å². The maximum atomic E-state index is 2.49. The molecule has 0 heterocycles. The fraction of sp³-hybridized carbons (Fsp3) is 0.778. The fourth-order valence-electron chi connectivity index (χ4n) is 1.54. The summed E-state index contributed by atoms with van der Waals surface area (Å²) in [6.45, 7) is 2.16. The van der Waals surface area contributed by atoms with Crippen molar-refractivity contribution in [1.82, 2.24) is 0 Å². The molecule has 1 saturated carbocycles. The molecule has 1 radical (unpaired) electrons. The van der Waals surface area contributed by atoms with Crippen LogP contribution in [-0.4, -0.2) is 0 Å². The van der Waals surface area contributed by atoms with E-state index in [9.17, 15) is 0 Å². The van der Waals surface area contributed by atoms with Gasteiger partial charge in [0.05, 0.1) is 0 Å². The van der Waals surface area contributed by atoms with Crippen molar-refractivity contribution in [2.24, 2.45) is 5.92 Å². The second kappa shape index (κ2) is 6.79. The van der Waals surface area contributed by atoms with Gasteiger partial charge in [0, 0.05) is 32.7 Å². The van der Waals surface area contributed by atoms with Crippen LogP contribution in [0.1, 0.15) is 39.0 Å². The van der Waals surface area contributed by atoms with Crippen molar-refractivity contribution < 1.29 is 32.7 Å². The summed E-state index contributed by atoms with van der Waals surface area (Å²) in [5.74, 6) is 0.920. The van der Waals surface area contributed by atoms with E-state index in [1.165, 1.54) is 32.1 Å². The molecule has 0 nitrogen and oxygen atoms in total. The molecule has 1 aliphatic rings. The Hall–Kier alpha value is 1.10. The van der Waals surface area contributed by atoms with Crippen LogP contribution in [0.15, 0.2) is 0 Å². The molecule has 0 N–H and O–H groups in total. The van der Waals surface area contributed by atoms with Crippen molar-refractivity contribution in [2.75, 3.05) is 0 Å². The van der Waals surface area contributed by atoms with Crippen LogP contribution in [0.3, 0.4) is 0 Å². The monoisotopic (exact) mass is 213 g/mol. The minimum atomic E-state index is 0. The Morgan fingerprint density at radius 3 is 2.80 bits per heavy atom. The van der Waals surface area contributed by atoms with Crippen molar-refractivity contribution in [3.8, 4) is 0 Å². The maximum Gasteiger partial charge on any atom is 0 e. The maximum absolute atomic E-state index is 2.49. The van der Waals surface area contributed by atoms with Crippen LogP contribution in [0.5, 0.6) is 0 Å². The Morgan fingerprint density at radius 2 is 2.30 bits per heavy atom. The summed E-state index contributed by atoms with van der Waals surface area (Å²) >= 11 is 0. The van der Waals surface area contributed by atoms with Gasteiger partial charge in [0.15, 0.2) is 0 Å². The van der Waals surface area contributed by atoms with Gasteiger partial charge in [-0.2, -0.15) is 19.3 Å². The summed E-state index contributed by atoms with van der Waals surface area (Å²) in [6.07, 6.45) is 11.8. The number of hydrogen-bond donors (Lipinski definition) is 0. The van der Waals surface area contributed by atoms with E-state index in [0.717, 1.165) is 5.92 Å². The zero-order chi connectivity index (χ0) is 6.53. The van der Waals surface area contributed by atoms with E-state index in [4.69, 9.17) is 0 Å². The molecule has 57 valence electrons. The summed E-state index contributed by atoms with van der Waals surface area (Å²) in [7, 11) is 0. The first-order valence-electron chi connectivity index (χ1n) is 4.04. The molecule has 1 unspecified atom stereocenters. The van der Waals surface area contributed by atoms with Crippen LogP contribution < -0.4 is 0 Å². The largest absolute Gasteiger partial charge is 0.334 e. The Kier molecular flexibility index (Phi) is 7.54. The van der Waals surface area contributed by atoms with Gasteiger partial charge < -0.3 is 12.8 Å². The quantitative estimate of drug-likeness (QED) is 0.618. The van der Waals surface area contributed by atoms with Gasteiger partial charge in [-0.25, -0.2) is 6.42 Å². The predicted octanol–water partition coefficient (Wildman–Crippen LogP) is 2.99. The average molecular weight is 213 g/mol. The van der Waals surface area contributed by atoms with Crippen LogP contribution in [0.4, 0.5) is 0 Å². The molecule has 0 aromatic heterocycles. The summed E-state index contributed by atoms with van der Waals surface area (Å²) < 4.78 is 0. The van der Waals surface area contributed by atoms with Crippen molar-refractivity contribution in [3.05, 3.63) is 12.8 Å². The predicted molar refractivity (Wildman–Crippen MR) is 40.8 cm³/mol. The zero-order valence-electron chi connectivity index (χ0n) is 6.84. The molecular weight excluding hydrogens is 197 g/mol. The fourth-order valence-corrected chi connectivity index (χ4v) is 1.54. The minimum absolute atomic E-state index is 0. The summed E-state index contributed by atoms with van der Waals surface area (Å²) in [5.41, 5.74) is 0. The van der Waals surface area contributed by atoms with E-state index in [0.29, 0.717) is 0 Å². The molecule has 0 aromatic rings. The van der Waals surface area contributed by atoms with Gasteiger partial charge in [-0.15, -0.1) is 0 Å². The van der Waals surface area contributed by atoms with Gasteiger partial charge in [0.2, 0.25) is 0 Å². The first kappa shape index (κ1) is 11.1. The molecule has 0 aliphatic heterocycles. The summed E-state index contributed by atoms with van der Waals surface area (Å²) in [6, 6.07) is 0. The molecule has 0 spiro atoms. The summed E-state index contributed by atoms with van der Waals surface area (Å²) in [4.78, 5) is 0. The van der Waals surface area contributed by atoms with Gasteiger partial charge >= 0.3 is 0 Å². The third-order valence-corrected chi connectivity index (χ3v) is 2.07. The molecule has 1 heteroatoms. The van der Waals surface area contributed by atoms with Gasteiger partial charge in [0.25, 0.3) is 0 Å². The SMILES string of the molecule is C[CH-]CC1[CH-]CCCC1.[Y]. The molecular formula is C9H16Y-2. The molecule has 1 aliphatic carbocycles. The van der Waals surface area contributed by atoms with E-state index < -0.39 is 0 Å². The first-order valence-corrected chi connectivity index (χ1v) is 4.04. The van der Waals surface area contributed by atoms with Crippen LogP contribution >= 0.6 is 0 Å². The molecule has 10 heavy (non-hydrogen) atoms. The van der Waals surface area contributed by atoms with Crippen molar-refractivity contribution in [2.45, 2.75) is 39.0 Å². The van der Waals surface area contributed by atoms with Crippen LogP contribution in [-0.2, 0) is 32.7 Å². The zero-order valence-corrected chi connectivity index (χ0v) is 9.68. The van der Waals surface area contributed by atoms with Crippen molar-refractivity contribution >= 4 is 0 Å². The molecule has 1 fully saturated rings. The van der Waals surface area contributed by atoms with E-state index in [-0.39, 0.29) is 32.7 Å². The third kappa shape index (κ3) is 4.08. The molecule has 0 amide bonds. The molecule has 0 aromatic carbocycles. The molecule has 0 bridgehead atoms. The summed E-state index contributed by atoms with van der Waals surface area (Å²) in [5, 5.41) is 0. The molecule has 0 saturated heterocycles. The van der Waals surface area contributed by atoms with Crippen molar-refractivity contribution in [1.29, 1.82) is 0 Å². The minimum Gasteiger partial charge on any atom is -0.334 e. The first-order chi connectivity index (χ1) is 4.43. The second-order valence-corrected chi connectivity index (χ2v) is 2.92. The van der Waals surface area contributed by atoms with Gasteiger partial charge in [0.1, 0.15) is 0 Å². The van der Waals surface area contributed by atoms with Gasteiger partial charge in [-0.05, 0) is 0 Å². The van der Waals surface area contributed by atoms with Gasteiger partial charge in [-0.3, -0.25) is 0 Å². The van der Waals surface area contributed by atoms with Crippen LogP contribution in [0.2, 0.25) is 0 Å². The molecule has 1 rings (SSSR count). The normalized spacial score (nSPS) is 25.5. The van der Waals surface area contributed by atoms with E-state index >= 15 is 0 Å². The Labute approximate surface area is 90.0 Å². The number of hydrogen-bond acceptors (Lipinski definition) is 0. The second-order valence-electron chi connectivity index (χ2n) is 2.92. The number of rotatable bonds is 2. The topological polar surface area (TPSA) is 0 Å². The van der Waals surface area contributed by atoms with E-state index in [1.54, 1.807) is 0 Å². The van der Waals surface area contributed by atoms with Gasteiger partial charge in [-0.1, -0.05) is 19.3 Å². The van der Waals surface area contributed by atoms with Crippen LogP contribution in [0, 0.1) is 18.8 Å². The van der Waals surface area contributed by atoms with E-state index in [2.05, 4.69) is 19.8 Å². The standard InChI is InChI=1S/C9H16.Y/c1-2-6-9-7-4-3-5-8-9;/h2,7,9H,3-6,8H2,1H3;/q-2;. The molecule has 1 atom stereocenters. The average Bonchev–Trinajstić information content (AvgIpc) is 1.91.